The molecule has 0 unspecified atom stereocenters. The number of pyridine rings is 1. The third-order valence-electron chi connectivity index (χ3n) is 3.72. The predicted octanol–water partition coefficient (Wildman–Crippen LogP) is 1.96. The van der Waals surface area contributed by atoms with E-state index in [0.717, 1.165) is 50.5 Å². The lowest BCUT2D eigenvalue weighted by Gasteiger charge is -2.24. The van der Waals surface area contributed by atoms with Crippen molar-refractivity contribution in [1.29, 1.82) is 0 Å². The molecule has 1 aliphatic rings. The molecular weight excluding hydrogens is 250 g/mol. The van der Waals surface area contributed by atoms with Gasteiger partial charge in [-0.15, -0.1) is 0 Å². The van der Waals surface area contributed by atoms with Crippen molar-refractivity contribution in [2.24, 2.45) is 5.73 Å². The van der Waals surface area contributed by atoms with Crippen LogP contribution in [0, 0.1) is 0 Å². The number of fused-ring (bicyclic) bond motifs is 1. The summed E-state index contributed by atoms with van der Waals surface area (Å²) >= 11 is 0. The first-order valence-electron chi connectivity index (χ1n) is 7.30. The van der Waals surface area contributed by atoms with E-state index in [-0.39, 0.29) is 0 Å². The Balaban J connectivity index is 2.03. The molecule has 4 nitrogen and oxygen atoms in total. The molecule has 0 atom stereocenters. The molecule has 0 aliphatic carbocycles. The van der Waals surface area contributed by atoms with Gasteiger partial charge in [0.25, 0.3) is 0 Å². The molecule has 0 amide bonds. The van der Waals surface area contributed by atoms with Crippen molar-refractivity contribution in [2.45, 2.75) is 12.8 Å². The van der Waals surface area contributed by atoms with Gasteiger partial charge < -0.3 is 15.4 Å². The average Bonchev–Trinajstić information content (AvgIpc) is 2.76. The Bertz CT molecular complexity index is 577. The van der Waals surface area contributed by atoms with Gasteiger partial charge in [0.05, 0.1) is 12.1 Å². The highest BCUT2D eigenvalue weighted by atomic mass is 16.5. The van der Waals surface area contributed by atoms with E-state index in [1.165, 1.54) is 10.9 Å². The maximum absolute atomic E-state index is 5.76. The van der Waals surface area contributed by atoms with Crippen LogP contribution >= 0.6 is 0 Å². The van der Waals surface area contributed by atoms with Gasteiger partial charge in [0.15, 0.2) is 0 Å². The second-order valence-corrected chi connectivity index (χ2v) is 5.16. The SMILES string of the molecule is NCCc1cc2ccccc2nc1N1CCCOCC1. The van der Waals surface area contributed by atoms with Gasteiger partial charge >= 0.3 is 0 Å². The molecule has 2 aromatic rings. The molecule has 1 saturated heterocycles. The number of benzene rings is 1. The maximum Gasteiger partial charge on any atom is 0.132 e. The average molecular weight is 271 g/mol. The summed E-state index contributed by atoms with van der Waals surface area (Å²) in [5, 5.41) is 1.19. The Morgan fingerprint density at radius 3 is 3.00 bits per heavy atom. The van der Waals surface area contributed by atoms with Crippen LogP contribution in [0.2, 0.25) is 0 Å². The molecule has 4 heteroatoms. The molecule has 0 saturated carbocycles. The van der Waals surface area contributed by atoms with E-state index in [9.17, 15) is 0 Å². The maximum atomic E-state index is 5.76. The van der Waals surface area contributed by atoms with Crippen LogP contribution in [0.5, 0.6) is 0 Å². The molecule has 1 fully saturated rings. The van der Waals surface area contributed by atoms with Gasteiger partial charge in [0.2, 0.25) is 0 Å². The van der Waals surface area contributed by atoms with Crippen molar-refractivity contribution in [1.82, 2.24) is 4.98 Å². The lowest BCUT2D eigenvalue weighted by atomic mass is 10.1. The topological polar surface area (TPSA) is 51.4 Å². The fourth-order valence-electron chi connectivity index (χ4n) is 2.72. The minimum absolute atomic E-state index is 0.650. The third kappa shape index (κ3) is 2.76. The van der Waals surface area contributed by atoms with Crippen LogP contribution in [0.1, 0.15) is 12.0 Å². The third-order valence-corrected chi connectivity index (χ3v) is 3.72. The Kier molecular flexibility index (Phi) is 4.14. The molecule has 2 N–H and O–H groups in total. The zero-order chi connectivity index (χ0) is 13.8. The summed E-state index contributed by atoms with van der Waals surface area (Å²) in [6, 6.07) is 10.5. The normalized spacial score (nSPS) is 16.4. The lowest BCUT2D eigenvalue weighted by molar-refractivity contribution is 0.152. The van der Waals surface area contributed by atoms with Crippen LogP contribution in [0.4, 0.5) is 5.82 Å². The van der Waals surface area contributed by atoms with Crippen LogP contribution in [0.15, 0.2) is 30.3 Å². The molecule has 1 aromatic heterocycles. The molecule has 1 aromatic carbocycles. The molecular formula is C16H21N3O. The smallest absolute Gasteiger partial charge is 0.132 e. The minimum Gasteiger partial charge on any atom is -0.380 e. The minimum atomic E-state index is 0.650. The molecule has 0 bridgehead atoms. The van der Waals surface area contributed by atoms with Crippen molar-refractivity contribution in [2.75, 3.05) is 37.7 Å². The van der Waals surface area contributed by atoms with Gasteiger partial charge in [-0.05, 0) is 37.1 Å². The summed E-state index contributed by atoms with van der Waals surface area (Å²) in [4.78, 5) is 7.21. The number of rotatable bonds is 3. The predicted molar refractivity (Wildman–Crippen MR) is 82.2 cm³/mol. The summed E-state index contributed by atoms with van der Waals surface area (Å²) < 4.78 is 5.54. The standard InChI is InChI=1S/C16H21N3O/c17-7-6-14-12-13-4-1-2-5-15(13)18-16(14)19-8-3-10-20-11-9-19/h1-2,4-5,12H,3,6-11,17H2. The summed E-state index contributed by atoms with van der Waals surface area (Å²) in [6.07, 6.45) is 1.92. The van der Waals surface area contributed by atoms with Crippen molar-refractivity contribution in [3.05, 3.63) is 35.9 Å². The fourth-order valence-corrected chi connectivity index (χ4v) is 2.72. The fraction of sp³-hybridized carbons (Fsp3) is 0.438. The number of nitrogens with zero attached hydrogens (tertiary/aromatic N) is 2. The number of nitrogens with two attached hydrogens (primary N) is 1. The quantitative estimate of drug-likeness (QED) is 0.927. The van der Waals surface area contributed by atoms with E-state index in [2.05, 4.69) is 29.2 Å². The summed E-state index contributed by atoms with van der Waals surface area (Å²) in [6.45, 7) is 4.18. The number of hydrogen-bond acceptors (Lipinski definition) is 4. The molecule has 0 radical (unpaired) electrons. The van der Waals surface area contributed by atoms with Gasteiger partial charge in [0.1, 0.15) is 5.82 Å². The Morgan fingerprint density at radius 2 is 2.10 bits per heavy atom. The number of para-hydroxylation sites is 1. The van der Waals surface area contributed by atoms with Crippen LogP contribution in [0.25, 0.3) is 10.9 Å². The summed E-state index contributed by atoms with van der Waals surface area (Å²) in [7, 11) is 0. The van der Waals surface area contributed by atoms with E-state index in [1.54, 1.807) is 0 Å². The highest BCUT2D eigenvalue weighted by molar-refractivity contribution is 5.81. The monoisotopic (exact) mass is 271 g/mol. The van der Waals surface area contributed by atoms with Crippen molar-refractivity contribution >= 4 is 16.7 Å². The van der Waals surface area contributed by atoms with Gasteiger partial charge in [0, 0.05) is 25.1 Å². The number of hydrogen-bond donors (Lipinski definition) is 1. The van der Waals surface area contributed by atoms with E-state index in [0.29, 0.717) is 6.54 Å². The molecule has 3 rings (SSSR count). The highest BCUT2D eigenvalue weighted by Gasteiger charge is 2.15. The van der Waals surface area contributed by atoms with Crippen LogP contribution in [-0.4, -0.2) is 37.8 Å². The van der Waals surface area contributed by atoms with Crippen molar-refractivity contribution < 1.29 is 4.74 Å². The summed E-state index contributed by atoms with van der Waals surface area (Å²) in [5.41, 5.74) is 8.06. The largest absolute Gasteiger partial charge is 0.380 e. The Morgan fingerprint density at radius 1 is 1.20 bits per heavy atom. The second kappa shape index (κ2) is 6.20. The van der Waals surface area contributed by atoms with Gasteiger partial charge in [-0.1, -0.05) is 18.2 Å². The zero-order valence-electron chi connectivity index (χ0n) is 11.7. The van der Waals surface area contributed by atoms with E-state index < -0.39 is 0 Å². The molecule has 2 heterocycles. The van der Waals surface area contributed by atoms with Crippen LogP contribution in [0.3, 0.4) is 0 Å². The molecule has 106 valence electrons. The first-order valence-corrected chi connectivity index (χ1v) is 7.30. The number of ether oxygens (including phenoxy) is 1. The van der Waals surface area contributed by atoms with E-state index in [1.807, 2.05) is 6.07 Å². The van der Waals surface area contributed by atoms with E-state index >= 15 is 0 Å². The second-order valence-electron chi connectivity index (χ2n) is 5.16. The van der Waals surface area contributed by atoms with Gasteiger partial charge in [-0.25, -0.2) is 4.98 Å². The molecule has 20 heavy (non-hydrogen) atoms. The lowest BCUT2D eigenvalue weighted by Crippen LogP contribution is -2.28. The van der Waals surface area contributed by atoms with Crippen molar-refractivity contribution in [3.8, 4) is 0 Å². The first kappa shape index (κ1) is 13.3. The highest BCUT2D eigenvalue weighted by Crippen LogP contribution is 2.24. The van der Waals surface area contributed by atoms with Crippen molar-refractivity contribution in [3.63, 3.8) is 0 Å². The molecule has 0 spiro atoms. The Hall–Kier alpha value is -1.65. The van der Waals surface area contributed by atoms with Gasteiger partial charge in [-0.2, -0.15) is 0 Å². The summed E-state index contributed by atoms with van der Waals surface area (Å²) in [5.74, 6) is 1.08. The number of anilines is 1. The Labute approximate surface area is 119 Å². The zero-order valence-corrected chi connectivity index (χ0v) is 11.7. The van der Waals surface area contributed by atoms with Gasteiger partial charge in [-0.3, -0.25) is 0 Å². The molecule has 1 aliphatic heterocycles. The van der Waals surface area contributed by atoms with E-state index in [4.69, 9.17) is 15.5 Å². The number of aromatic nitrogens is 1. The first-order chi connectivity index (χ1) is 9.88. The van der Waals surface area contributed by atoms with Crippen LogP contribution in [-0.2, 0) is 11.2 Å². The van der Waals surface area contributed by atoms with Crippen LogP contribution < -0.4 is 10.6 Å².